The van der Waals surface area contributed by atoms with Crippen LogP contribution in [-0.4, -0.2) is 66.7 Å². The largest absolute Gasteiger partial charge is 0.396 e. The maximum atomic E-state index is 10.9. The Bertz CT molecular complexity index is 826. The second-order valence-corrected chi connectivity index (χ2v) is 7.99. The molecule has 0 saturated carbocycles. The van der Waals surface area contributed by atoms with E-state index < -0.39 is 5.60 Å². The smallest absolute Gasteiger partial charge is 0.165 e. The molecule has 3 fully saturated rings. The van der Waals surface area contributed by atoms with E-state index in [0.29, 0.717) is 37.6 Å². The van der Waals surface area contributed by atoms with E-state index in [4.69, 9.17) is 4.74 Å². The molecular formula is C18H25N5O3. The number of fused-ring (bicyclic) bond motifs is 3. The molecule has 2 N–H and O–H groups in total. The van der Waals surface area contributed by atoms with E-state index in [1.807, 2.05) is 11.5 Å². The summed E-state index contributed by atoms with van der Waals surface area (Å²) in [5.41, 5.74) is 0.625. The predicted octanol–water partition coefficient (Wildman–Crippen LogP) is 0.716. The van der Waals surface area contributed by atoms with E-state index in [0.717, 1.165) is 36.2 Å². The molecule has 5 atom stereocenters. The number of rotatable bonds is 4. The summed E-state index contributed by atoms with van der Waals surface area (Å²) in [5, 5.41) is 20.5. The molecule has 26 heavy (non-hydrogen) atoms. The Morgan fingerprint density at radius 2 is 2.19 bits per heavy atom. The second kappa shape index (κ2) is 5.87. The molecule has 3 aliphatic heterocycles. The van der Waals surface area contributed by atoms with E-state index in [1.54, 1.807) is 12.7 Å². The van der Waals surface area contributed by atoms with Gasteiger partial charge in [0.1, 0.15) is 11.9 Å². The minimum Gasteiger partial charge on any atom is -0.396 e. The van der Waals surface area contributed by atoms with Crippen molar-refractivity contribution < 1.29 is 14.9 Å². The van der Waals surface area contributed by atoms with E-state index >= 15 is 0 Å². The predicted molar refractivity (Wildman–Crippen MR) is 94.8 cm³/mol. The molecule has 5 heterocycles. The second-order valence-electron chi connectivity index (χ2n) is 7.99. The highest BCUT2D eigenvalue weighted by Gasteiger charge is 2.47. The Morgan fingerprint density at radius 3 is 2.92 bits per heavy atom. The van der Waals surface area contributed by atoms with Gasteiger partial charge in [-0.1, -0.05) is 0 Å². The van der Waals surface area contributed by atoms with Crippen LogP contribution in [0.1, 0.15) is 32.6 Å². The maximum Gasteiger partial charge on any atom is 0.165 e. The Balaban J connectivity index is 1.51. The molecule has 2 aromatic rings. The fourth-order valence-corrected chi connectivity index (χ4v) is 5.09. The Hall–Kier alpha value is -1.77. The van der Waals surface area contributed by atoms with Gasteiger partial charge in [0.05, 0.1) is 19.0 Å². The lowest BCUT2D eigenvalue weighted by Crippen LogP contribution is -2.40. The van der Waals surface area contributed by atoms with Crippen molar-refractivity contribution in [2.75, 3.05) is 18.1 Å². The number of hydrogen-bond acceptors (Lipinski definition) is 7. The van der Waals surface area contributed by atoms with E-state index in [1.165, 1.54) is 0 Å². The van der Waals surface area contributed by atoms with Crippen LogP contribution in [0.15, 0.2) is 12.7 Å². The standard InChI is InChI=1S/C18H25N5O3/c1-11-18(25,4-5-26-11)8-22-10-21-15-16(22)19-9-20-17(15)23-13-2-3-14(23)12(6-13)7-24/h9-14,24-25H,2-8H2,1H3. The van der Waals surface area contributed by atoms with Gasteiger partial charge in [-0.15, -0.1) is 0 Å². The first-order valence-electron chi connectivity index (χ1n) is 9.50. The molecule has 0 spiro atoms. The van der Waals surface area contributed by atoms with Crippen LogP contribution in [0.2, 0.25) is 0 Å². The summed E-state index contributed by atoms with van der Waals surface area (Å²) in [6.07, 6.45) is 6.98. The van der Waals surface area contributed by atoms with Crippen LogP contribution >= 0.6 is 0 Å². The third-order valence-electron chi connectivity index (χ3n) is 6.63. The van der Waals surface area contributed by atoms with Gasteiger partial charge in [-0.3, -0.25) is 0 Å². The zero-order chi connectivity index (χ0) is 17.9. The maximum absolute atomic E-state index is 10.9. The molecule has 0 aromatic carbocycles. The van der Waals surface area contributed by atoms with Crippen molar-refractivity contribution >= 4 is 17.0 Å². The van der Waals surface area contributed by atoms with Crippen molar-refractivity contribution in [1.29, 1.82) is 0 Å². The SMILES string of the molecule is CC1OCCC1(O)Cn1cnc2c(N3C4CCC3C(CO)C4)ncnc21. The van der Waals surface area contributed by atoms with Gasteiger partial charge < -0.3 is 24.4 Å². The van der Waals surface area contributed by atoms with Gasteiger partial charge in [0.15, 0.2) is 17.0 Å². The quantitative estimate of drug-likeness (QED) is 0.830. The minimum atomic E-state index is -0.895. The number of aliphatic hydroxyl groups excluding tert-OH is 1. The fourth-order valence-electron chi connectivity index (χ4n) is 5.09. The van der Waals surface area contributed by atoms with Gasteiger partial charge in [0, 0.05) is 37.6 Å². The normalized spacial score (nSPS) is 36.5. The average Bonchev–Trinajstić information content (AvgIpc) is 3.39. The molecule has 2 aromatic heterocycles. The molecule has 5 rings (SSSR count). The molecular weight excluding hydrogens is 334 g/mol. The zero-order valence-electron chi connectivity index (χ0n) is 15.0. The summed E-state index contributed by atoms with van der Waals surface area (Å²) in [4.78, 5) is 15.9. The number of aliphatic hydroxyl groups is 2. The first kappa shape index (κ1) is 16.4. The van der Waals surface area contributed by atoms with Crippen molar-refractivity contribution in [1.82, 2.24) is 19.5 Å². The summed E-state index contributed by atoms with van der Waals surface area (Å²) in [7, 11) is 0. The van der Waals surface area contributed by atoms with Gasteiger partial charge in [0.25, 0.3) is 0 Å². The molecule has 3 aliphatic rings. The highest BCUT2D eigenvalue weighted by Crippen LogP contribution is 2.45. The van der Waals surface area contributed by atoms with Gasteiger partial charge in [-0.25, -0.2) is 15.0 Å². The van der Waals surface area contributed by atoms with Crippen LogP contribution in [0.4, 0.5) is 5.82 Å². The third kappa shape index (κ3) is 2.28. The number of nitrogens with zero attached hydrogens (tertiary/aromatic N) is 5. The lowest BCUT2D eigenvalue weighted by molar-refractivity contribution is -0.0382. The molecule has 3 saturated heterocycles. The van der Waals surface area contributed by atoms with Crippen LogP contribution in [-0.2, 0) is 11.3 Å². The van der Waals surface area contributed by atoms with Gasteiger partial charge in [-0.05, 0) is 26.2 Å². The minimum absolute atomic E-state index is 0.207. The van der Waals surface area contributed by atoms with E-state index in [2.05, 4.69) is 19.9 Å². The Morgan fingerprint density at radius 1 is 1.31 bits per heavy atom. The van der Waals surface area contributed by atoms with Gasteiger partial charge in [0.2, 0.25) is 0 Å². The first-order chi connectivity index (χ1) is 12.6. The summed E-state index contributed by atoms with van der Waals surface area (Å²) in [6.45, 7) is 3.12. The molecule has 0 amide bonds. The van der Waals surface area contributed by atoms with Gasteiger partial charge >= 0.3 is 0 Å². The number of ether oxygens (including phenoxy) is 1. The summed E-state index contributed by atoms with van der Waals surface area (Å²) in [5.74, 6) is 1.18. The Labute approximate surface area is 151 Å². The molecule has 2 bridgehead atoms. The zero-order valence-corrected chi connectivity index (χ0v) is 15.0. The molecule has 8 nitrogen and oxygen atoms in total. The highest BCUT2D eigenvalue weighted by atomic mass is 16.5. The lowest BCUT2D eigenvalue weighted by Gasteiger charge is -2.26. The molecule has 8 heteroatoms. The highest BCUT2D eigenvalue weighted by molar-refractivity contribution is 5.84. The van der Waals surface area contributed by atoms with Crippen LogP contribution in [0.3, 0.4) is 0 Å². The van der Waals surface area contributed by atoms with Crippen molar-refractivity contribution in [3.63, 3.8) is 0 Å². The van der Waals surface area contributed by atoms with Crippen LogP contribution in [0, 0.1) is 5.92 Å². The Kier molecular flexibility index (Phi) is 3.70. The summed E-state index contributed by atoms with van der Waals surface area (Å²) < 4.78 is 7.46. The van der Waals surface area contributed by atoms with E-state index in [-0.39, 0.29) is 12.7 Å². The number of hydrogen-bond donors (Lipinski definition) is 2. The topological polar surface area (TPSA) is 96.5 Å². The average molecular weight is 359 g/mol. The summed E-state index contributed by atoms with van der Waals surface area (Å²) in [6, 6.07) is 0.758. The molecule has 0 radical (unpaired) electrons. The molecule has 140 valence electrons. The molecule has 0 aliphatic carbocycles. The fraction of sp³-hybridized carbons (Fsp3) is 0.722. The van der Waals surface area contributed by atoms with Gasteiger partial charge in [-0.2, -0.15) is 0 Å². The van der Waals surface area contributed by atoms with E-state index in [9.17, 15) is 10.2 Å². The van der Waals surface area contributed by atoms with Crippen molar-refractivity contribution in [3.8, 4) is 0 Å². The monoisotopic (exact) mass is 359 g/mol. The lowest BCUT2D eigenvalue weighted by atomic mass is 9.90. The number of aromatic nitrogens is 4. The van der Waals surface area contributed by atoms with Crippen molar-refractivity contribution in [2.24, 2.45) is 5.92 Å². The van der Waals surface area contributed by atoms with Crippen LogP contribution in [0.5, 0.6) is 0 Å². The van der Waals surface area contributed by atoms with Crippen LogP contribution < -0.4 is 4.90 Å². The summed E-state index contributed by atoms with van der Waals surface area (Å²) >= 11 is 0. The first-order valence-corrected chi connectivity index (χ1v) is 9.50. The van der Waals surface area contributed by atoms with Crippen LogP contribution in [0.25, 0.3) is 11.2 Å². The van der Waals surface area contributed by atoms with Crippen molar-refractivity contribution in [2.45, 2.75) is 62.9 Å². The number of anilines is 1. The van der Waals surface area contributed by atoms with Crippen molar-refractivity contribution in [3.05, 3.63) is 12.7 Å². The number of imidazole rings is 1. The molecule has 5 unspecified atom stereocenters. The third-order valence-corrected chi connectivity index (χ3v) is 6.63.